The molecule has 0 amide bonds. The lowest BCUT2D eigenvalue weighted by Gasteiger charge is -2.05. The summed E-state index contributed by atoms with van der Waals surface area (Å²) in [6.45, 7) is 0. The Morgan fingerprint density at radius 2 is 2.18 bits per heavy atom. The summed E-state index contributed by atoms with van der Waals surface area (Å²) in [5.41, 5.74) is 6.21. The summed E-state index contributed by atoms with van der Waals surface area (Å²) >= 11 is 1.15. The van der Waals surface area contributed by atoms with Crippen LogP contribution >= 0.6 is 11.9 Å². The van der Waals surface area contributed by atoms with Gasteiger partial charge in [0.05, 0.1) is 12.0 Å². The van der Waals surface area contributed by atoms with E-state index in [0.717, 1.165) is 22.6 Å². The maximum atomic E-state index is 5.53. The largest absolute Gasteiger partial charge is 0.495 e. The van der Waals surface area contributed by atoms with Gasteiger partial charge in [0.15, 0.2) is 0 Å². The van der Waals surface area contributed by atoms with Crippen LogP contribution in [0.1, 0.15) is 0 Å². The Bertz CT molecular complexity index is 252. The first-order chi connectivity index (χ1) is 5.27. The number of rotatable bonds is 2. The lowest BCUT2D eigenvalue weighted by molar-refractivity contribution is 0.405. The van der Waals surface area contributed by atoms with Crippen LogP contribution in [0.3, 0.4) is 0 Å². The van der Waals surface area contributed by atoms with Crippen molar-refractivity contribution in [2.45, 2.75) is 4.90 Å². The second kappa shape index (κ2) is 3.50. The average molecular weight is 170 g/mol. The molecular weight excluding hydrogens is 160 g/mol. The molecule has 1 aromatic rings. The summed E-state index contributed by atoms with van der Waals surface area (Å²) in [4.78, 5) is 0.890. The van der Waals surface area contributed by atoms with Gasteiger partial charge >= 0.3 is 0 Å². The number of methoxy groups -OCH3 is 1. The second-order valence-electron chi connectivity index (χ2n) is 2.03. The van der Waals surface area contributed by atoms with Crippen LogP contribution in [0.25, 0.3) is 0 Å². The first-order valence-electron chi connectivity index (χ1n) is 3.08. The van der Waals surface area contributed by atoms with Gasteiger partial charge in [-0.1, -0.05) is 0 Å². The molecule has 11 heavy (non-hydrogen) atoms. The minimum absolute atomic E-state index is 0.680. The number of hydrogen-bond donors (Lipinski definition) is 2. The van der Waals surface area contributed by atoms with Crippen molar-refractivity contribution in [2.24, 2.45) is 5.14 Å². The average Bonchev–Trinajstić information content (AvgIpc) is 2.04. The van der Waals surface area contributed by atoms with Crippen LogP contribution in [0.4, 0.5) is 5.69 Å². The summed E-state index contributed by atoms with van der Waals surface area (Å²) < 4.78 is 5.04. The monoisotopic (exact) mass is 170 g/mol. The molecule has 1 rings (SSSR count). The summed E-state index contributed by atoms with van der Waals surface area (Å²) in [6.07, 6.45) is 0. The van der Waals surface area contributed by atoms with Crippen LogP contribution in [-0.4, -0.2) is 7.11 Å². The number of nitrogens with two attached hydrogens (primary N) is 2. The van der Waals surface area contributed by atoms with Crippen molar-refractivity contribution in [3.8, 4) is 5.75 Å². The van der Waals surface area contributed by atoms with Gasteiger partial charge in [-0.15, -0.1) is 0 Å². The van der Waals surface area contributed by atoms with Gasteiger partial charge in [0.1, 0.15) is 5.75 Å². The molecule has 0 fully saturated rings. The topological polar surface area (TPSA) is 61.3 Å². The first-order valence-corrected chi connectivity index (χ1v) is 3.96. The van der Waals surface area contributed by atoms with Crippen LogP contribution in [0.5, 0.6) is 5.75 Å². The fourth-order valence-electron chi connectivity index (χ4n) is 0.782. The Kier molecular flexibility index (Phi) is 2.62. The molecule has 0 radical (unpaired) electrons. The molecule has 4 heteroatoms. The Balaban J connectivity index is 3.06. The van der Waals surface area contributed by atoms with E-state index in [9.17, 15) is 0 Å². The quantitative estimate of drug-likeness (QED) is 0.518. The highest BCUT2D eigenvalue weighted by molar-refractivity contribution is 7.97. The van der Waals surface area contributed by atoms with Gasteiger partial charge in [0.25, 0.3) is 0 Å². The lowest BCUT2D eigenvalue weighted by Crippen LogP contribution is -1.91. The van der Waals surface area contributed by atoms with E-state index in [4.69, 9.17) is 15.6 Å². The lowest BCUT2D eigenvalue weighted by atomic mass is 10.3. The summed E-state index contributed by atoms with van der Waals surface area (Å²) in [5, 5.41) is 5.37. The van der Waals surface area contributed by atoms with Gasteiger partial charge in [-0.25, -0.2) is 0 Å². The van der Waals surface area contributed by atoms with Gasteiger partial charge in [0.2, 0.25) is 0 Å². The second-order valence-corrected chi connectivity index (χ2v) is 2.70. The van der Waals surface area contributed by atoms with Crippen LogP contribution in [0.15, 0.2) is 23.1 Å². The molecule has 60 valence electrons. The number of ether oxygens (including phenoxy) is 1. The predicted molar refractivity (Wildman–Crippen MR) is 47.5 cm³/mol. The number of nitrogen functional groups attached to an aromatic ring is 1. The fraction of sp³-hybridized carbons (Fsp3) is 0.143. The zero-order valence-corrected chi connectivity index (χ0v) is 7.02. The SMILES string of the molecule is COc1cc(N)ccc1SN. The molecule has 0 aliphatic carbocycles. The van der Waals surface area contributed by atoms with Crippen LogP contribution in [-0.2, 0) is 0 Å². The maximum absolute atomic E-state index is 5.53. The van der Waals surface area contributed by atoms with E-state index in [-0.39, 0.29) is 0 Å². The van der Waals surface area contributed by atoms with Crippen LogP contribution in [0.2, 0.25) is 0 Å². The fourth-order valence-corrected chi connectivity index (χ4v) is 1.19. The zero-order valence-electron chi connectivity index (χ0n) is 6.20. The van der Waals surface area contributed by atoms with Gasteiger partial charge < -0.3 is 10.5 Å². The standard InChI is InChI=1S/C7H10N2OS/c1-10-6-4-5(8)2-3-7(6)11-9/h2-4H,8-9H2,1H3. The van der Waals surface area contributed by atoms with Gasteiger partial charge in [-0.2, -0.15) is 0 Å². The van der Waals surface area contributed by atoms with Crippen molar-refractivity contribution in [1.82, 2.24) is 0 Å². The molecule has 0 bridgehead atoms. The van der Waals surface area contributed by atoms with Crippen molar-refractivity contribution < 1.29 is 4.74 Å². The van der Waals surface area contributed by atoms with E-state index in [1.165, 1.54) is 0 Å². The van der Waals surface area contributed by atoms with Crippen molar-refractivity contribution in [1.29, 1.82) is 0 Å². The van der Waals surface area contributed by atoms with Crippen LogP contribution < -0.4 is 15.6 Å². The maximum Gasteiger partial charge on any atom is 0.135 e. The highest BCUT2D eigenvalue weighted by Gasteiger charge is 2.00. The molecule has 0 aliphatic heterocycles. The molecular formula is C7H10N2OS. The Morgan fingerprint density at radius 3 is 2.73 bits per heavy atom. The molecule has 0 spiro atoms. The summed E-state index contributed by atoms with van der Waals surface area (Å²) in [7, 11) is 1.59. The normalized spacial score (nSPS) is 9.64. The predicted octanol–water partition coefficient (Wildman–Crippen LogP) is 1.24. The Morgan fingerprint density at radius 1 is 1.45 bits per heavy atom. The summed E-state index contributed by atoms with van der Waals surface area (Å²) in [5.74, 6) is 0.720. The van der Waals surface area contributed by atoms with E-state index < -0.39 is 0 Å². The Labute approximate surface area is 69.8 Å². The highest BCUT2D eigenvalue weighted by atomic mass is 32.2. The third-order valence-corrected chi connectivity index (χ3v) is 1.91. The molecule has 0 unspecified atom stereocenters. The van der Waals surface area contributed by atoms with Crippen molar-refractivity contribution in [3.05, 3.63) is 18.2 Å². The van der Waals surface area contributed by atoms with E-state index in [1.54, 1.807) is 19.2 Å². The Hall–Kier alpha value is -0.870. The van der Waals surface area contributed by atoms with Gasteiger partial charge in [0, 0.05) is 11.8 Å². The van der Waals surface area contributed by atoms with E-state index in [1.807, 2.05) is 6.07 Å². The third kappa shape index (κ3) is 1.78. The van der Waals surface area contributed by atoms with E-state index >= 15 is 0 Å². The molecule has 0 saturated carbocycles. The van der Waals surface area contributed by atoms with Crippen molar-refractivity contribution in [3.63, 3.8) is 0 Å². The minimum atomic E-state index is 0.680. The first kappa shape index (κ1) is 8.23. The number of anilines is 1. The molecule has 3 nitrogen and oxygen atoms in total. The smallest absolute Gasteiger partial charge is 0.135 e. The minimum Gasteiger partial charge on any atom is -0.495 e. The molecule has 0 aromatic heterocycles. The molecule has 0 atom stereocenters. The van der Waals surface area contributed by atoms with Gasteiger partial charge in [-0.3, -0.25) is 5.14 Å². The van der Waals surface area contributed by atoms with Crippen molar-refractivity contribution in [2.75, 3.05) is 12.8 Å². The summed E-state index contributed by atoms with van der Waals surface area (Å²) in [6, 6.07) is 5.37. The zero-order chi connectivity index (χ0) is 8.27. The molecule has 0 saturated heterocycles. The molecule has 0 heterocycles. The van der Waals surface area contributed by atoms with Crippen molar-refractivity contribution >= 4 is 17.6 Å². The van der Waals surface area contributed by atoms with Gasteiger partial charge in [-0.05, 0) is 24.1 Å². The molecule has 4 N–H and O–H groups in total. The molecule has 0 aliphatic rings. The van der Waals surface area contributed by atoms with E-state index in [0.29, 0.717) is 5.69 Å². The van der Waals surface area contributed by atoms with E-state index in [2.05, 4.69) is 0 Å². The molecule has 1 aromatic carbocycles. The third-order valence-electron chi connectivity index (χ3n) is 1.31. The number of hydrogen-bond acceptors (Lipinski definition) is 4. The van der Waals surface area contributed by atoms with Crippen LogP contribution in [0, 0.1) is 0 Å². The highest BCUT2D eigenvalue weighted by Crippen LogP contribution is 2.27. The number of benzene rings is 1.